The lowest BCUT2D eigenvalue weighted by Gasteiger charge is -2.07. The van der Waals surface area contributed by atoms with Gasteiger partial charge in [0, 0.05) is 28.7 Å². The van der Waals surface area contributed by atoms with Crippen LogP contribution in [0.5, 0.6) is 0 Å². The molecule has 2 aromatic carbocycles. The predicted octanol–water partition coefficient (Wildman–Crippen LogP) is 5.89. The van der Waals surface area contributed by atoms with Crippen LogP contribution in [-0.4, -0.2) is 0 Å². The van der Waals surface area contributed by atoms with Crippen molar-refractivity contribution in [3.63, 3.8) is 0 Å². The lowest BCUT2D eigenvalue weighted by molar-refractivity contribution is 1.62. The molecule has 0 spiro atoms. The Kier molecular flexibility index (Phi) is 3.37. The van der Waals surface area contributed by atoms with E-state index in [4.69, 9.17) is 0 Å². The van der Waals surface area contributed by atoms with Crippen LogP contribution < -0.4 is 0 Å². The van der Waals surface area contributed by atoms with Gasteiger partial charge in [0.2, 0.25) is 0 Å². The summed E-state index contributed by atoms with van der Waals surface area (Å²) in [6, 6.07) is 8.13. The molecule has 0 aliphatic rings. The molecular formula is C10H4Br4. The van der Waals surface area contributed by atoms with E-state index < -0.39 is 0 Å². The minimum atomic E-state index is 1.09. The lowest BCUT2D eigenvalue weighted by Crippen LogP contribution is -1.80. The quantitative estimate of drug-likeness (QED) is 0.476. The summed E-state index contributed by atoms with van der Waals surface area (Å²) in [6.45, 7) is 0. The summed E-state index contributed by atoms with van der Waals surface area (Å²) in [6.07, 6.45) is 0. The van der Waals surface area contributed by atoms with Crippen molar-refractivity contribution < 1.29 is 0 Å². The van der Waals surface area contributed by atoms with Gasteiger partial charge >= 0.3 is 0 Å². The highest BCUT2D eigenvalue weighted by Gasteiger charge is 2.09. The third-order valence-corrected chi connectivity index (χ3v) is 4.60. The number of rotatable bonds is 0. The molecule has 0 fully saturated rings. The van der Waals surface area contributed by atoms with Crippen LogP contribution >= 0.6 is 63.7 Å². The SMILES string of the molecule is Brc1ccc(Br)c2c(Br)ccc(Br)c12. The van der Waals surface area contributed by atoms with E-state index in [1.807, 2.05) is 24.3 Å². The summed E-state index contributed by atoms with van der Waals surface area (Å²) in [5.41, 5.74) is 0. The van der Waals surface area contributed by atoms with Gasteiger partial charge in [-0.05, 0) is 24.3 Å². The topological polar surface area (TPSA) is 0 Å². The van der Waals surface area contributed by atoms with Gasteiger partial charge in [-0.3, -0.25) is 0 Å². The highest BCUT2D eigenvalue weighted by Crippen LogP contribution is 2.39. The van der Waals surface area contributed by atoms with E-state index in [-0.39, 0.29) is 0 Å². The van der Waals surface area contributed by atoms with E-state index in [9.17, 15) is 0 Å². The van der Waals surface area contributed by atoms with Crippen LogP contribution in [0.25, 0.3) is 10.8 Å². The van der Waals surface area contributed by atoms with Crippen molar-refractivity contribution in [1.29, 1.82) is 0 Å². The largest absolute Gasteiger partial charge is 0.0501 e. The molecule has 0 bridgehead atoms. The van der Waals surface area contributed by atoms with Crippen molar-refractivity contribution in [2.75, 3.05) is 0 Å². The number of fused-ring (bicyclic) bond motifs is 1. The molecule has 4 heteroatoms. The molecule has 0 unspecified atom stereocenters. The van der Waals surface area contributed by atoms with Crippen LogP contribution in [0.3, 0.4) is 0 Å². The van der Waals surface area contributed by atoms with E-state index in [2.05, 4.69) is 63.7 Å². The Morgan fingerprint density at radius 1 is 0.500 bits per heavy atom. The summed E-state index contributed by atoms with van der Waals surface area (Å²) in [5.74, 6) is 0. The van der Waals surface area contributed by atoms with E-state index in [0.717, 1.165) is 17.9 Å². The normalized spacial score (nSPS) is 10.9. The molecule has 2 aromatic rings. The van der Waals surface area contributed by atoms with Crippen molar-refractivity contribution in [2.45, 2.75) is 0 Å². The van der Waals surface area contributed by atoms with Gasteiger partial charge in [-0.2, -0.15) is 0 Å². The second-order valence-corrected chi connectivity index (χ2v) is 6.23. The van der Waals surface area contributed by atoms with Gasteiger partial charge in [0.05, 0.1) is 0 Å². The third kappa shape index (κ3) is 1.82. The molecule has 14 heavy (non-hydrogen) atoms. The minimum Gasteiger partial charge on any atom is -0.0501 e. The Balaban J connectivity index is 3.05. The maximum Gasteiger partial charge on any atom is 0.0266 e. The van der Waals surface area contributed by atoms with Gasteiger partial charge in [-0.15, -0.1) is 0 Å². The van der Waals surface area contributed by atoms with Gasteiger partial charge in [-0.25, -0.2) is 0 Å². The Bertz CT molecular complexity index is 416. The fourth-order valence-electron chi connectivity index (χ4n) is 1.33. The van der Waals surface area contributed by atoms with E-state index in [1.54, 1.807) is 0 Å². The fourth-order valence-corrected chi connectivity index (χ4v) is 4.04. The van der Waals surface area contributed by atoms with Crippen LogP contribution in [0, 0.1) is 0 Å². The molecule has 0 heterocycles. The van der Waals surface area contributed by atoms with Gasteiger partial charge < -0.3 is 0 Å². The van der Waals surface area contributed by atoms with Crippen molar-refractivity contribution >= 4 is 74.5 Å². The molecule has 0 radical (unpaired) electrons. The van der Waals surface area contributed by atoms with Crippen molar-refractivity contribution in [1.82, 2.24) is 0 Å². The average molecular weight is 444 g/mol. The van der Waals surface area contributed by atoms with E-state index >= 15 is 0 Å². The summed E-state index contributed by atoms with van der Waals surface area (Å²) in [5, 5.41) is 2.35. The van der Waals surface area contributed by atoms with Crippen LogP contribution in [0.15, 0.2) is 42.2 Å². The molecular weight excluding hydrogens is 440 g/mol. The van der Waals surface area contributed by atoms with Crippen molar-refractivity contribution in [3.8, 4) is 0 Å². The van der Waals surface area contributed by atoms with Gasteiger partial charge in [0.15, 0.2) is 0 Å². The van der Waals surface area contributed by atoms with Gasteiger partial charge in [0.25, 0.3) is 0 Å². The molecule has 72 valence electrons. The Hall–Kier alpha value is 0.620. The first-order valence-electron chi connectivity index (χ1n) is 3.83. The van der Waals surface area contributed by atoms with Crippen LogP contribution in [-0.2, 0) is 0 Å². The molecule has 0 aliphatic heterocycles. The number of halogens is 4. The first-order valence-corrected chi connectivity index (χ1v) is 7.00. The zero-order chi connectivity index (χ0) is 10.3. The average Bonchev–Trinajstić information content (AvgIpc) is 2.16. The fraction of sp³-hybridized carbons (Fsp3) is 0. The molecule has 2 rings (SSSR count). The summed E-state index contributed by atoms with van der Waals surface area (Å²) in [4.78, 5) is 0. The number of benzene rings is 2. The molecule has 0 nitrogen and oxygen atoms in total. The second kappa shape index (κ2) is 4.24. The zero-order valence-corrected chi connectivity index (χ0v) is 13.2. The standard InChI is InChI=1S/C10H4Br4/c11-5-1-2-6(12)10-8(14)4-3-7(13)9(5)10/h1-4H. The summed E-state index contributed by atoms with van der Waals surface area (Å²) >= 11 is 14.2. The maximum atomic E-state index is 3.54. The molecule has 0 atom stereocenters. The molecule has 0 N–H and O–H groups in total. The van der Waals surface area contributed by atoms with Gasteiger partial charge in [0.1, 0.15) is 0 Å². The first kappa shape index (κ1) is 11.1. The highest BCUT2D eigenvalue weighted by atomic mass is 79.9. The maximum absolute atomic E-state index is 3.54. The van der Waals surface area contributed by atoms with E-state index in [1.165, 1.54) is 10.8 Å². The van der Waals surface area contributed by atoms with Crippen LogP contribution in [0.2, 0.25) is 0 Å². The predicted molar refractivity (Wildman–Crippen MR) is 74.7 cm³/mol. The summed E-state index contributed by atoms with van der Waals surface area (Å²) < 4.78 is 4.35. The van der Waals surface area contributed by atoms with Crippen LogP contribution in [0.1, 0.15) is 0 Å². The minimum absolute atomic E-state index is 1.09. The monoisotopic (exact) mass is 440 g/mol. The zero-order valence-electron chi connectivity index (χ0n) is 6.82. The summed E-state index contributed by atoms with van der Waals surface area (Å²) in [7, 11) is 0. The second-order valence-electron chi connectivity index (χ2n) is 2.81. The molecule has 0 aliphatic carbocycles. The lowest BCUT2D eigenvalue weighted by atomic mass is 10.1. The Morgan fingerprint density at radius 2 is 0.714 bits per heavy atom. The van der Waals surface area contributed by atoms with E-state index in [0.29, 0.717) is 0 Å². The third-order valence-electron chi connectivity index (χ3n) is 1.96. The Labute approximate surface area is 116 Å². The van der Waals surface area contributed by atoms with Crippen molar-refractivity contribution in [3.05, 3.63) is 42.2 Å². The Morgan fingerprint density at radius 3 is 0.929 bits per heavy atom. The van der Waals surface area contributed by atoms with Crippen molar-refractivity contribution in [2.24, 2.45) is 0 Å². The first-order chi connectivity index (χ1) is 6.61. The number of hydrogen-bond donors (Lipinski definition) is 0. The molecule has 0 amide bonds. The molecule has 0 saturated heterocycles. The van der Waals surface area contributed by atoms with Gasteiger partial charge in [-0.1, -0.05) is 63.7 Å². The molecule has 0 aromatic heterocycles. The highest BCUT2D eigenvalue weighted by molar-refractivity contribution is 9.11. The van der Waals surface area contributed by atoms with Crippen LogP contribution in [0.4, 0.5) is 0 Å². The smallest absolute Gasteiger partial charge is 0.0266 e. The molecule has 0 saturated carbocycles. The number of hydrogen-bond acceptors (Lipinski definition) is 0.